The number of pyridine rings is 1. The molecule has 0 bridgehead atoms. The Morgan fingerprint density at radius 2 is 2.00 bits per heavy atom. The molecule has 0 aromatic carbocycles. The van der Waals surface area contributed by atoms with Crippen LogP contribution in [0.1, 0.15) is 13.8 Å². The van der Waals surface area contributed by atoms with E-state index >= 15 is 0 Å². The molecule has 78 valence electrons. The Hall–Kier alpha value is -1.30. The fraction of sp³-hybridized carbons (Fsp3) is 0.375. The number of aromatic amines is 1. The molecule has 14 heavy (non-hydrogen) atoms. The van der Waals surface area contributed by atoms with Gasteiger partial charge in [0.2, 0.25) is 0 Å². The van der Waals surface area contributed by atoms with Crippen molar-refractivity contribution in [2.45, 2.75) is 24.0 Å². The molecule has 1 rings (SSSR count). The molecule has 0 saturated heterocycles. The molecule has 0 aliphatic rings. The van der Waals surface area contributed by atoms with E-state index in [1.807, 2.05) is 0 Å². The third-order valence-corrected chi connectivity index (χ3v) is 3.98. The van der Waals surface area contributed by atoms with Gasteiger partial charge in [0.05, 0.1) is 5.25 Å². The lowest BCUT2D eigenvalue weighted by molar-refractivity contribution is 0.586. The van der Waals surface area contributed by atoms with Gasteiger partial charge in [-0.05, 0) is 19.9 Å². The SMILES string of the molecule is CC(C)S(=O)(=O)c1cc(N)c[nH]c1=O. The van der Waals surface area contributed by atoms with Crippen molar-refractivity contribution in [2.75, 3.05) is 5.73 Å². The normalized spacial score (nSPS) is 11.9. The number of hydrogen-bond donors (Lipinski definition) is 2. The summed E-state index contributed by atoms with van der Waals surface area (Å²) in [5.41, 5.74) is 4.98. The molecule has 3 N–H and O–H groups in total. The van der Waals surface area contributed by atoms with Crippen LogP contribution in [0.15, 0.2) is 22.0 Å². The van der Waals surface area contributed by atoms with Crippen molar-refractivity contribution in [3.05, 3.63) is 22.6 Å². The van der Waals surface area contributed by atoms with Crippen molar-refractivity contribution in [1.29, 1.82) is 0 Å². The smallest absolute Gasteiger partial charge is 0.266 e. The van der Waals surface area contributed by atoms with Crippen LogP contribution in [0, 0.1) is 0 Å². The Bertz CT molecular complexity index is 488. The molecule has 0 spiro atoms. The maximum Gasteiger partial charge on any atom is 0.266 e. The van der Waals surface area contributed by atoms with E-state index < -0.39 is 20.6 Å². The predicted molar refractivity (Wildman–Crippen MR) is 53.8 cm³/mol. The van der Waals surface area contributed by atoms with E-state index in [0.717, 1.165) is 0 Å². The zero-order chi connectivity index (χ0) is 10.9. The predicted octanol–water partition coefficient (Wildman–Crippen LogP) is 0.139. The number of aromatic nitrogens is 1. The number of nitrogens with one attached hydrogen (secondary N) is 1. The lowest BCUT2D eigenvalue weighted by Gasteiger charge is -2.06. The molecular weight excluding hydrogens is 204 g/mol. The second-order valence-electron chi connectivity index (χ2n) is 3.22. The highest BCUT2D eigenvalue weighted by Gasteiger charge is 2.22. The van der Waals surface area contributed by atoms with Gasteiger partial charge in [0.15, 0.2) is 9.84 Å². The molecule has 1 heterocycles. The van der Waals surface area contributed by atoms with Crippen molar-refractivity contribution in [3.8, 4) is 0 Å². The molecule has 0 aliphatic heterocycles. The second-order valence-corrected chi connectivity index (χ2v) is 5.69. The highest BCUT2D eigenvalue weighted by Crippen LogP contribution is 2.12. The van der Waals surface area contributed by atoms with Gasteiger partial charge in [-0.1, -0.05) is 0 Å². The largest absolute Gasteiger partial charge is 0.398 e. The minimum absolute atomic E-state index is 0.226. The van der Waals surface area contributed by atoms with E-state index in [1.54, 1.807) is 0 Å². The molecule has 5 nitrogen and oxygen atoms in total. The highest BCUT2D eigenvalue weighted by molar-refractivity contribution is 7.92. The third kappa shape index (κ3) is 1.79. The number of nitrogens with two attached hydrogens (primary N) is 1. The monoisotopic (exact) mass is 216 g/mol. The first-order valence-electron chi connectivity index (χ1n) is 4.08. The number of sulfone groups is 1. The Labute approximate surface area is 81.9 Å². The van der Waals surface area contributed by atoms with Crippen LogP contribution in [0.25, 0.3) is 0 Å². The van der Waals surface area contributed by atoms with Crippen LogP contribution >= 0.6 is 0 Å². The van der Waals surface area contributed by atoms with Gasteiger partial charge >= 0.3 is 0 Å². The summed E-state index contributed by atoms with van der Waals surface area (Å²) >= 11 is 0. The van der Waals surface area contributed by atoms with E-state index in [4.69, 9.17) is 5.73 Å². The van der Waals surface area contributed by atoms with E-state index in [9.17, 15) is 13.2 Å². The van der Waals surface area contributed by atoms with Crippen LogP contribution in [0.5, 0.6) is 0 Å². The van der Waals surface area contributed by atoms with Gasteiger partial charge in [0.1, 0.15) is 4.90 Å². The summed E-state index contributed by atoms with van der Waals surface area (Å²) in [6.45, 7) is 3.02. The summed E-state index contributed by atoms with van der Waals surface area (Å²) in [5.74, 6) is 0. The van der Waals surface area contributed by atoms with Gasteiger partial charge in [-0.2, -0.15) is 0 Å². The Morgan fingerprint density at radius 3 is 2.50 bits per heavy atom. The molecule has 0 saturated carbocycles. The molecule has 0 atom stereocenters. The van der Waals surface area contributed by atoms with Crippen LogP contribution in [0.2, 0.25) is 0 Å². The Kier molecular flexibility index (Phi) is 2.66. The molecule has 1 aromatic heterocycles. The van der Waals surface area contributed by atoms with Crippen LogP contribution < -0.4 is 11.3 Å². The summed E-state index contributed by atoms with van der Waals surface area (Å²) < 4.78 is 23.3. The van der Waals surface area contributed by atoms with Gasteiger partial charge in [-0.3, -0.25) is 4.79 Å². The van der Waals surface area contributed by atoms with Gasteiger partial charge in [-0.25, -0.2) is 8.42 Å². The van der Waals surface area contributed by atoms with Gasteiger partial charge in [-0.15, -0.1) is 0 Å². The van der Waals surface area contributed by atoms with Crippen LogP contribution in [-0.2, 0) is 9.84 Å². The number of H-pyrrole nitrogens is 1. The fourth-order valence-electron chi connectivity index (χ4n) is 0.944. The summed E-state index contributed by atoms with van der Waals surface area (Å²) in [5, 5.41) is -0.634. The van der Waals surface area contributed by atoms with E-state index in [-0.39, 0.29) is 10.6 Å². The molecule has 1 aromatic rings. The number of rotatable bonds is 2. The maximum atomic E-state index is 11.6. The standard InChI is InChI=1S/C8H12N2O3S/c1-5(2)14(12,13)7-3-6(9)4-10-8(7)11/h3-5H,9H2,1-2H3,(H,10,11). The molecule has 0 aliphatic carbocycles. The quantitative estimate of drug-likeness (QED) is 0.735. The van der Waals surface area contributed by atoms with Crippen molar-refractivity contribution >= 4 is 15.5 Å². The van der Waals surface area contributed by atoms with Crippen molar-refractivity contribution in [3.63, 3.8) is 0 Å². The summed E-state index contributed by atoms with van der Waals surface area (Å²) in [6.07, 6.45) is 1.27. The van der Waals surface area contributed by atoms with Gasteiger partial charge in [0.25, 0.3) is 5.56 Å². The summed E-state index contributed by atoms with van der Waals surface area (Å²) in [7, 11) is -3.55. The van der Waals surface area contributed by atoms with E-state index in [0.29, 0.717) is 0 Å². The molecule has 0 fully saturated rings. The molecule has 6 heteroatoms. The summed E-state index contributed by atoms with van der Waals surface area (Å²) in [4.78, 5) is 13.2. The topological polar surface area (TPSA) is 93.0 Å². The molecule has 0 unspecified atom stereocenters. The number of nitrogen functional groups attached to an aromatic ring is 1. The third-order valence-electron chi connectivity index (χ3n) is 1.82. The molecular formula is C8H12N2O3S. The fourth-order valence-corrected chi connectivity index (χ4v) is 2.07. The second kappa shape index (κ2) is 3.45. The number of hydrogen-bond acceptors (Lipinski definition) is 4. The lowest BCUT2D eigenvalue weighted by Crippen LogP contribution is -2.23. The van der Waals surface area contributed by atoms with Crippen LogP contribution in [-0.4, -0.2) is 18.7 Å². The first-order chi connectivity index (χ1) is 6.35. The Balaban J connectivity index is 3.48. The zero-order valence-corrected chi connectivity index (χ0v) is 8.76. The molecule has 0 amide bonds. The first kappa shape index (κ1) is 10.8. The average molecular weight is 216 g/mol. The van der Waals surface area contributed by atoms with E-state index in [1.165, 1.54) is 26.1 Å². The Morgan fingerprint density at radius 1 is 1.43 bits per heavy atom. The van der Waals surface area contributed by atoms with Crippen LogP contribution in [0.3, 0.4) is 0 Å². The highest BCUT2D eigenvalue weighted by atomic mass is 32.2. The minimum atomic E-state index is -3.55. The van der Waals surface area contributed by atoms with Crippen molar-refractivity contribution in [1.82, 2.24) is 4.98 Å². The van der Waals surface area contributed by atoms with Gasteiger partial charge < -0.3 is 10.7 Å². The average Bonchev–Trinajstić information content (AvgIpc) is 2.08. The lowest BCUT2D eigenvalue weighted by atomic mass is 10.4. The van der Waals surface area contributed by atoms with Crippen molar-refractivity contribution < 1.29 is 8.42 Å². The van der Waals surface area contributed by atoms with E-state index in [2.05, 4.69) is 4.98 Å². The first-order valence-corrected chi connectivity index (χ1v) is 5.62. The maximum absolute atomic E-state index is 11.6. The van der Waals surface area contributed by atoms with Crippen LogP contribution in [0.4, 0.5) is 5.69 Å². The van der Waals surface area contributed by atoms with Gasteiger partial charge in [0, 0.05) is 11.9 Å². The summed E-state index contributed by atoms with van der Waals surface area (Å²) in [6, 6.07) is 1.17. The minimum Gasteiger partial charge on any atom is -0.398 e. The molecule has 0 radical (unpaired) electrons. The zero-order valence-electron chi connectivity index (χ0n) is 7.94. The van der Waals surface area contributed by atoms with Crippen molar-refractivity contribution in [2.24, 2.45) is 0 Å². The number of anilines is 1.